The third-order valence-corrected chi connectivity index (χ3v) is 5.05. The lowest BCUT2D eigenvalue weighted by molar-refractivity contribution is -0.137. The minimum atomic E-state index is -4.72. The first-order valence-electron chi connectivity index (χ1n) is 8.48. The predicted molar refractivity (Wildman–Crippen MR) is 98.2 cm³/mol. The summed E-state index contributed by atoms with van der Waals surface area (Å²) in [6.07, 6.45) is -4.72. The van der Waals surface area contributed by atoms with Crippen molar-refractivity contribution in [3.8, 4) is 11.4 Å². The van der Waals surface area contributed by atoms with E-state index in [0.29, 0.717) is 11.6 Å². The van der Waals surface area contributed by atoms with Crippen molar-refractivity contribution < 1.29 is 22.7 Å². The topological polar surface area (TPSA) is 63.3 Å². The maximum absolute atomic E-state index is 14.6. The molecule has 0 saturated heterocycles. The lowest BCUT2D eigenvalue weighted by Crippen LogP contribution is -2.15. The Morgan fingerprint density at radius 3 is 2.55 bits per heavy atom. The lowest BCUT2D eigenvalue weighted by Gasteiger charge is -2.18. The van der Waals surface area contributed by atoms with Gasteiger partial charge in [-0.25, -0.2) is 4.39 Å². The molecule has 1 aromatic heterocycles. The Kier molecular flexibility index (Phi) is 4.38. The van der Waals surface area contributed by atoms with E-state index in [1.807, 2.05) is 0 Å². The van der Waals surface area contributed by atoms with Gasteiger partial charge >= 0.3 is 6.18 Å². The van der Waals surface area contributed by atoms with Gasteiger partial charge in [0.25, 0.3) is 0 Å². The summed E-state index contributed by atoms with van der Waals surface area (Å²) in [4.78, 5) is 4.42. The average Bonchev–Trinajstić information content (AvgIpc) is 2.96. The van der Waals surface area contributed by atoms with Crippen LogP contribution >= 0.6 is 11.6 Å². The van der Waals surface area contributed by atoms with Gasteiger partial charge in [0.1, 0.15) is 23.4 Å². The Hall–Kier alpha value is -2.94. The maximum atomic E-state index is 14.6. The van der Waals surface area contributed by atoms with E-state index in [2.05, 4.69) is 15.2 Å². The highest BCUT2D eigenvalue weighted by Gasteiger charge is 2.37. The van der Waals surface area contributed by atoms with Gasteiger partial charge in [0.15, 0.2) is 5.82 Å². The normalized spacial score (nSPS) is 16.1. The van der Waals surface area contributed by atoms with Gasteiger partial charge in [0.05, 0.1) is 22.0 Å². The highest BCUT2D eigenvalue weighted by molar-refractivity contribution is 6.37. The summed E-state index contributed by atoms with van der Waals surface area (Å²) in [5.41, 5.74) is -1.23. The molecule has 2 aromatic carbocycles. The number of aliphatic imine (C=N–C) groups is 1. The van der Waals surface area contributed by atoms with Gasteiger partial charge in [0, 0.05) is 11.1 Å². The van der Waals surface area contributed by atoms with Crippen molar-refractivity contribution in [1.82, 2.24) is 14.8 Å². The van der Waals surface area contributed by atoms with Crippen molar-refractivity contribution in [2.24, 2.45) is 4.99 Å². The third-order valence-electron chi connectivity index (χ3n) is 4.65. The quantitative estimate of drug-likeness (QED) is 0.559. The van der Waals surface area contributed by atoms with Crippen LogP contribution in [0.2, 0.25) is 5.02 Å². The largest absolute Gasteiger partial charge is 0.508 e. The molecule has 0 saturated carbocycles. The Labute approximate surface area is 167 Å². The fourth-order valence-corrected chi connectivity index (χ4v) is 3.71. The van der Waals surface area contributed by atoms with Gasteiger partial charge in [0.2, 0.25) is 0 Å². The first-order chi connectivity index (χ1) is 13.6. The first-order valence-corrected chi connectivity index (χ1v) is 8.86. The number of alkyl halides is 3. The molecule has 2 heterocycles. The molecule has 29 heavy (non-hydrogen) atoms. The molecule has 0 bridgehead atoms. The molecule has 0 spiro atoms. The Bertz CT molecular complexity index is 1170. The summed E-state index contributed by atoms with van der Waals surface area (Å²) < 4.78 is 56.7. The summed E-state index contributed by atoms with van der Waals surface area (Å²) in [5.74, 6) is -0.240. The van der Waals surface area contributed by atoms with Gasteiger partial charge in [-0.15, -0.1) is 10.2 Å². The molecule has 1 N–H and O–H groups in total. The summed E-state index contributed by atoms with van der Waals surface area (Å²) in [6.45, 7) is 3.30. The summed E-state index contributed by atoms with van der Waals surface area (Å²) in [6, 6.07) is 4.67. The Morgan fingerprint density at radius 2 is 1.86 bits per heavy atom. The fourth-order valence-electron chi connectivity index (χ4n) is 3.36. The van der Waals surface area contributed by atoms with Crippen LogP contribution in [-0.4, -0.2) is 25.6 Å². The van der Waals surface area contributed by atoms with Crippen LogP contribution in [0.3, 0.4) is 0 Å². The van der Waals surface area contributed by atoms with Gasteiger partial charge in [-0.1, -0.05) is 11.6 Å². The van der Waals surface area contributed by atoms with Crippen LogP contribution in [0.25, 0.3) is 5.69 Å². The molecule has 0 fully saturated rings. The second-order valence-corrected chi connectivity index (χ2v) is 6.96. The van der Waals surface area contributed by atoms with E-state index in [0.717, 1.165) is 24.3 Å². The third kappa shape index (κ3) is 3.05. The molecule has 1 atom stereocenters. The minimum Gasteiger partial charge on any atom is -0.508 e. The molecule has 5 nitrogen and oxygen atoms in total. The van der Waals surface area contributed by atoms with E-state index in [1.54, 1.807) is 18.4 Å². The Morgan fingerprint density at radius 1 is 1.14 bits per heavy atom. The van der Waals surface area contributed by atoms with Crippen molar-refractivity contribution in [2.75, 3.05) is 0 Å². The molecule has 0 amide bonds. The zero-order chi connectivity index (χ0) is 21.1. The molecule has 3 aromatic rings. The molecule has 0 radical (unpaired) electrons. The van der Waals surface area contributed by atoms with Crippen molar-refractivity contribution in [3.63, 3.8) is 0 Å². The van der Waals surface area contributed by atoms with E-state index in [9.17, 15) is 22.7 Å². The van der Waals surface area contributed by atoms with Crippen LogP contribution in [0.15, 0.2) is 35.3 Å². The van der Waals surface area contributed by atoms with E-state index in [1.165, 1.54) is 6.07 Å². The van der Waals surface area contributed by atoms with Crippen molar-refractivity contribution in [3.05, 3.63) is 69.5 Å². The average molecular weight is 425 g/mol. The van der Waals surface area contributed by atoms with Crippen LogP contribution in [-0.2, 0) is 6.18 Å². The second-order valence-electron chi connectivity index (χ2n) is 6.58. The zero-order valence-electron chi connectivity index (χ0n) is 15.1. The number of benzene rings is 2. The van der Waals surface area contributed by atoms with Crippen molar-refractivity contribution >= 4 is 17.3 Å². The van der Waals surface area contributed by atoms with Gasteiger partial charge in [-0.3, -0.25) is 9.56 Å². The molecular weight excluding hydrogens is 412 g/mol. The maximum Gasteiger partial charge on any atom is 0.417 e. The number of nitrogens with zero attached hydrogens (tertiary/aromatic N) is 4. The highest BCUT2D eigenvalue weighted by atomic mass is 35.5. The van der Waals surface area contributed by atoms with Crippen LogP contribution < -0.4 is 0 Å². The first kappa shape index (κ1) is 19.4. The number of fused-ring (bicyclic) bond motifs is 3. The lowest BCUT2D eigenvalue weighted by atomic mass is 9.97. The van der Waals surface area contributed by atoms with E-state index >= 15 is 0 Å². The number of aromatic nitrogens is 3. The van der Waals surface area contributed by atoms with Crippen molar-refractivity contribution in [1.29, 1.82) is 0 Å². The monoisotopic (exact) mass is 424 g/mol. The minimum absolute atomic E-state index is 0.109. The number of halogens is 5. The molecule has 1 aliphatic heterocycles. The number of phenols is 1. The highest BCUT2D eigenvalue weighted by Crippen LogP contribution is 2.42. The second kappa shape index (κ2) is 6.55. The van der Waals surface area contributed by atoms with Crippen LogP contribution in [0, 0.1) is 12.7 Å². The van der Waals surface area contributed by atoms with Crippen molar-refractivity contribution in [2.45, 2.75) is 26.1 Å². The number of rotatable bonds is 1. The number of phenolic OH excluding ortho intramolecular Hbond substituents is 1. The molecule has 10 heteroatoms. The van der Waals surface area contributed by atoms with Gasteiger partial charge < -0.3 is 5.11 Å². The Balaban J connectivity index is 2.14. The smallest absolute Gasteiger partial charge is 0.417 e. The number of hydrogen-bond acceptors (Lipinski definition) is 4. The number of aryl methyl sites for hydroxylation is 1. The molecule has 4 rings (SSSR count). The molecule has 0 unspecified atom stereocenters. The van der Waals surface area contributed by atoms with Crippen LogP contribution in [0.5, 0.6) is 5.75 Å². The molecule has 1 aliphatic rings. The fraction of sp³-hybridized carbons (Fsp3) is 0.211. The van der Waals surface area contributed by atoms with Gasteiger partial charge in [-0.05, 0) is 44.2 Å². The summed E-state index contributed by atoms with van der Waals surface area (Å²) in [7, 11) is 0. The summed E-state index contributed by atoms with van der Waals surface area (Å²) >= 11 is 6.21. The SMILES string of the molecule is Cc1nnc2n1-c1ccc(C(F)(F)F)c(Cl)c1C(c1cc(O)ccc1F)=N[C@H]2C. The summed E-state index contributed by atoms with van der Waals surface area (Å²) in [5, 5.41) is 17.2. The van der Waals surface area contributed by atoms with Crippen LogP contribution in [0.1, 0.15) is 41.3 Å². The standard InChI is InChI=1S/C19H13ClF4N4O/c1-8-18-27-26-9(2)28(18)14-6-4-12(19(22,23)24)16(20)15(14)17(25-8)11-7-10(29)3-5-13(11)21/h3-8,29H,1-2H3/t8-/m0/s1. The van der Waals surface area contributed by atoms with E-state index in [-0.39, 0.29) is 28.3 Å². The van der Waals surface area contributed by atoms with Crippen LogP contribution in [0.4, 0.5) is 17.6 Å². The van der Waals surface area contributed by atoms with Gasteiger partial charge in [-0.2, -0.15) is 13.2 Å². The number of hydrogen-bond donors (Lipinski definition) is 1. The molecule has 150 valence electrons. The van der Waals surface area contributed by atoms with E-state index < -0.39 is 28.6 Å². The molecular formula is C19H13ClF4N4O. The number of aromatic hydroxyl groups is 1. The van der Waals surface area contributed by atoms with E-state index in [4.69, 9.17) is 11.6 Å². The zero-order valence-corrected chi connectivity index (χ0v) is 15.8. The predicted octanol–water partition coefficient (Wildman–Crippen LogP) is 5.00. The molecule has 0 aliphatic carbocycles.